The fourth-order valence-corrected chi connectivity index (χ4v) is 1.85. The predicted octanol–water partition coefficient (Wildman–Crippen LogP) is 2.41. The van der Waals surface area contributed by atoms with Crippen molar-refractivity contribution >= 4 is 11.4 Å². The van der Waals surface area contributed by atoms with Gasteiger partial charge in [-0.25, -0.2) is 0 Å². The third kappa shape index (κ3) is 2.18. The Morgan fingerprint density at radius 1 is 0.833 bits per heavy atom. The van der Waals surface area contributed by atoms with Crippen LogP contribution in [0.5, 0.6) is 11.5 Å². The first-order valence-corrected chi connectivity index (χ1v) is 5.66. The van der Waals surface area contributed by atoms with Crippen LogP contribution in [0, 0.1) is 0 Å². The Kier molecular flexibility index (Phi) is 3.02. The molecule has 0 fully saturated rings. The van der Waals surface area contributed by atoms with Gasteiger partial charge in [0.25, 0.3) is 0 Å². The van der Waals surface area contributed by atoms with Crippen molar-refractivity contribution in [2.45, 2.75) is 12.8 Å². The molecule has 0 heterocycles. The second-order valence-electron chi connectivity index (χ2n) is 4.36. The third-order valence-electron chi connectivity index (χ3n) is 3.11. The number of aromatic hydroxyl groups is 2. The van der Waals surface area contributed by atoms with Crippen LogP contribution in [0.25, 0.3) is 0 Å². The summed E-state index contributed by atoms with van der Waals surface area (Å²) in [5.74, 6) is 0.168. The first-order chi connectivity index (χ1) is 8.49. The summed E-state index contributed by atoms with van der Waals surface area (Å²) in [6.07, 6.45) is 0. The quantitative estimate of drug-likeness (QED) is 0.482. The Bertz CT molecular complexity index is 531. The van der Waals surface area contributed by atoms with E-state index < -0.39 is 0 Å². The molecule has 0 saturated heterocycles. The Labute approximate surface area is 105 Å². The molecule has 0 amide bonds. The number of rotatable bonds is 2. The van der Waals surface area contributed by atoms with Crippen LogP contribution in [0.2, 0.25) is 0 Å². The molecule has 0 atom stereocenters. The average molecular weight is 244 g/mol. The van der Waals surface area contributed by atoms with Crippen LogP contribution in [0.4, 0.5) is 11.4 Å². The van der Waals surface area contributed by atoms with Gasteiger partial charge in [-0.05, 0) is 35.4 Å². The minimum atomic E-state index is 0.0306. The van der Waals surface area contributed by atoms with E-state index in [2.05, 4.69) is 0 Å². The molecule has 0 aliphatic heterocycles. The van der Waals surface area contributed by atoms with Crippen molar-refractivity contribution in [3.05, 3.63) is 47.5 Å². The summed E-state index contributed by atoms with van der Waals surface area (Å²) < 4.78 is 0. The van der Waals surface area contributed by atoms with Crippen LogP contribution in [0.1, 0.15) is 24.0 Å². The summed E-state index contributed by atoms with van der Waals surface area (Å²) in [4.78, 5) is 0. The molecule has 18 heavy (non-hydrogen) atoms. The summed E-state index contributed by atoms with van der Waals surface area (Å²) in [7, 11) is 0. The van der Waals surface area contributed by atoms with Crippen LogP contribution < -0.4 is 11.5 Å². The molecule has 0 spiro atoms. The zero-order valence-corrected chi connectivity index (χ0v) is 10.1. The summed E-state index contributed by atoms with van der Waals surface area (Å²) in [5, 5.41) is 19.2. The highest BCUT2D eigenvalue weighted by Crippen LogP contribution is 2.32. The third-order valence-corrected chi connectivity index (χ3v) is 3.11. The lowest BCUT2D eigenvalue weighted by molar-refractivity contribution is 0.476. The zero-order valence-electron chi connectivity index (χ0n) is 10.1. The van der Waals surface area contributed by atoms with Crippen LogP contribution in [0.3, 0.4) is 0 Å². The van der Waals surface area contributed by atoms with Crippen molar-refractivity contribution < 1.29 is 10.2 Å². The minimum Gasteiger partial charge on any atom is -0.506 e. The molecule has 0 aliphatic carbocycles. The topological polar surface area (TPSA) is 92.5 Å². The van der Waals surface area contributed by atoms with Gasteiger partial charge in [-0.15, -0.1) is 0 Å². The van der Waals surface area contributed by atoms with Crippen LogP contribution >= 0.6 is 0 Å². The van der Waals surface area contributed by atoms with Crippen molar-refractivity contribution in [2.75, 3.05) is 11.5 Å². The largest absolute Gasteiger partial charge is 0.506 e. The maximum absolute atomic E-state index is 9.60. The molecule has 0 radical (unpaired) electrons. The van der Waals surface area contributed by atoms with E-state index >= 15 is 0 Å². The van der Waals surface area contributed by atoms with E-state index in [-0.39, 0.29) is 17.4 Å². The minimum absolute atomic E-state index is 0.0306. The number of nitrogen functional groups attached to an aromatic ring is 2. The Balaban J connectivity index is 2.37. The van der Waals surface area contributed by atoms with Gasteiger partial charge in [0.1, 0.15) is 11.5 Å². The fourth-order valence-electron chi connectivity index (χ4n) is 1.85. The molecule has 2 aromatic carbocycles. The molecule has 0 aliphatic rings. The highest BCUT2D eigenvalue weighted by molar-refractivity contribution is 5.56. The summed E-state index contributed by atoms with van der Waals surface area (Å²) >= 11 is 0. The van der Waals surface area contributed by atoms with Gasteiger partial charge in [0, 0.05) is 5.92 Å². The molecule has 0 unspecified atom stereocenters. The number of hydrogen-bond acceptors (Lipinski definition) is 4. The summed E-state index contributed by atoms with van der Waals surface area (Å²) in [6.45, 7) is 1.98. The number of nitrogens with two attached hydrogens (primary N) is 2. The highest BCUT2D eigenvalue weighted by Gasteiger charge is 2.11. The van der Waals surface area contributed by atoms with Gasteiger partial charge >= 0.3 is 0 Å². The van der Waals surface area contributed by atoms with Gasteiger partial charge in [0.15, 0.2) is 0 Å². The van der Waals surface area contributed by atoms with Crippen molar-refractivity contribution in [2.24, 2.45) is 0 Å². The second-order valence-corrected chi connectivity index (χ2v) is 4.36. The van der Waals surface area contributed by atoms with Gasteiger partial charge in [-0.2, -0.15) is 0 Å². The monoisotopic (exact) mass is 244 g/mol. The van der Waals surface area contributed by atoms with Crippen molar-refractivity contribution in [3.8, 4) is 11.5 Å². The van der Waals surface area contributed by atoms with Crippen LogP contribution in [0.15, 0.2) is 36.4 Å². The van der Waals surface area contributed by atoms with Gasteiger partial charge in [0.05, 0.1) is 11.4 Å². The van der Waals surface area contributed by atoms with Gasteiger partial charge in [-0.1, -0.05) is 19.1 Å². The molecule has 6 N–H and O–H groups in total. The zero-order chi connectivity index (χ0) is 13.3. The lowest BCUT2D eigenvalue weighted by atomic mass is 9.92. The highest BCUT2D eigenvalue weighted by atomic mass is 16.3. The average Bonchev–Trinajstić information content (AvgIpc) is 2.35. The predicted molar refractivity (Wildman–Crippen MR) is 72.6 cm³/mol. The summed E-state index contributed by atoms with van der Waals surface area (Å²) in [5.41, 5.74) is 13.7. The van der Waals surface area contributed by atoms with E-state index in [1.54, 1.807) is 24.3 Å². The second kappa shape index (κ2) is 4.49. The Morgan fingerprint density at radius 2 is 1.22 bits per heavy atom. The van der Waals surface area contributed by atoms with E-state index in [1.807, 2.05) is 19.1 Å². The van der Waals surface area contributed by atoms with Gasteiger partial charge < -0.3 is 21.7 Å². The van der Waals surface area contributed by atoms with E-state index in [1.165, 1.54) is 0 Å². The molecule has 0 aromatic heterocycles. The molecule has 4 nitrogen and oxygen atoms in total. The molecule has 2 rings (SSSR count). The number of phenolic OH excluding ortho intramolecular Hbond substituents is 2. The lowest BCUT2D eigenvalue weighted by Crippen LogP contribution is -1.98. The molecule has 4 heteroatoms. The molecule has 0 saturated carbocycles. The Hall–Kier alpha value is -2.36. The fraction of sp³-hybridized carbons (Fsp3) is 0.143. The maximum Gasteiger partial charge on any atom is 0.138 e. The van der Waals surface area contributed by atoms with Crippen molar-refractivity contribution in [1.29, 1.82) is 0 Å². The van der Waals surface area contributed by atoms with Crippen molar-refractivity contribution in [1.82, 2.24) is 0 Å². The maximum atomic E-state index is 9.60. The number of benzene rings is 2. The SMILES string of the molecule is CC(c1ccc(N)c(O)c1)c1ccc(N)c(O)c1. The number of anilines is 2. The molecule has 2 aromatic rings. The number of hydrogen-bond donors (Lipinski definition) is 4. The normalized spacial score (nSPS) is 10.8. The first-order valence-electron chi connectivity index (χ1n) is 5.66. The van der Waals surface area contributed by atoms with Crippen LogP contribution in [-0.2, 0) is 0 Å². The molecular weight excluding hydrogens is 228 g/mol. The van der Waals surface area contributed by atoms with Crippen LogP contribution in [-0.4, -0.2) is 10.2 Å². The van der Waals surface area contributed by atoms with Crippen molar-refractivity contribution in [3.63, 3.8) is 0 Å². The Morgan fingerprint density at radius 3 is 1.56 bits per heavy atom. The molecular formula is C14H16N2O2. The van der Waals surface area contributed by atoms with E-state index in [9.17, 15) is 10.2 Å². The lowest BCUT2D eigenvalue weighted by Gasteiger charge is -2.14. The van der Waals surface area contributed by atoms with Gasteiger partial charge in [0.2, 0.25) is 0 Å². The van der Waals surface area contributed by atoms with E-state index in [0.717, 1.165) is 11.1 Å². The molecule has 0 bridgehead atoms. The standard InChI is InChI=1S/C14H16N2O2/c1-8(9-2-4-11(15)13(17)6-9)10-3-5-12(16)14(18)7-10/h2-8,17-18H,15-16H2,1H3. The van der Waals surface area contributed by atoms with E-state index in [0.29, 0.717) is 11.4 Å². The van der Waals surface area contributed by atoms with Gasteiger partial charge in [-0.3, -0.25) is 0 Å². The smallest absolute Gasteiger partial charge is 0.138 e. The molecule has 94 valence electrons. The van der Waals surface area contributed by atoms with E-state index in [4.69, 9.17) is 11.5 Å². The first kappa shape index (κ1) is 12.1. The number of phenols is 2. The summed E-state index contributed by atoms with van der Waals surface area (Å²) in [6, 6.07) is 10.3.